The number of methoxy groups -OCH3 is 1. The highest BCUT2D eigenvalue weighted by Gasteiger charge is 2.15. The molecule has 0 spiro atoms. The number of hydrogen-bond acceptors (Lipinski definition) is 4. The zero-order valence-electron chi connectivity index (χ0n) is 13.7. The van der Waals surface area contributed by atoms with E-state index in [4.69, 9.17) is 15.2 Å². The van der Waals surface area contributed by atoms with Gasteiger partial charge in [-0.25, -0.2) is 0 Å². The van der Waals surface area contributed by atoms with Gasteiger partial charge in [-0.05, 0) is 26.8 Å². The molecule has 0 fully saturated rings. The van der Waals surface area contributed by atoms with Crippen LogP contribution in [0.5, 0.6) is 0 Å². The molecule has 0 saturated heterocycles. The Hall–Kier alpha value is -2.08. The number of benzene rings is 1. The average Bonchev–Trinajstić information content (AvgIpc) is 2.39. The molecular formula is C16H25N3O3. The normalized spacial score (nSPS) is 12.1. The molecule has 0 atom stereocenters. The number of rotatable bonds is 6. The molecule has 122 valence electrons. The number of esters is 1. The standard InChI is InChI=1S/C16H25N3O3/c1-16(2,3)22-14(20)9-10-18-15(17)19-13-8-6-5-7-12(13)11-21-4/h5-8H,9-11H2,1-4H3,(H3,17,18,19). The zero-order chi connectivity index (χ0) is 16.6. The van der Waals surface area contributed by atoms with Gasteiger partial charge in [0.15, 0.2) is 5.96 Å². The number of guanidine groups is 1. The molecular weight excluding hydrogens is 282 g/mol. The number of nitrogens with zero attached hydrogens (tertiary/aromatic N) is 1. The Morgan fingerprint density at radius 1 is 1.32 bits per heavy atom. The first-order chi connectivity index (χ1) is 10.3. The Morgan fingerprint density at radius 3 is 2.64 bits per heavy atom. The van der Waals surface area contributed by atoms with Crippen LogP contribution in [-0.4, -0.2) is 31.2 Å². The highest BCUT2D eigenvalue weighted by atomic mass is 16.6. The van der Waals surface area contributed by atoms with E-state index in [9.17, 15) is 4.79 Å². The number of anilines is 1. The minimum absolute atomic E-state index is 0.194. The summed E-state index contributed by atoms with van der Waals surface area (Å²) in [6.45, 7) is 6.25. The van der Waals surface area contributed by atoms with Gasteiger partial charge in [0.25, 0.3) is 0 Å². The Labute approximate surface area is 131 Å². The third-order valence-electron chi connectivity index (χ3n) is 2.60. The topological polar surface area (TPSA) is 85.9 Å². The van der Waals surface area contributed by atoms with Crippen molar-refractivity contribution in [1.82, 2.24) is 0 Å². The maximum absolute atomic E-state index is 11.6. The van der Waals surface area contributed by atoms with E-state index < -0.39 is 5.60 Å². The van der Waals surface area contributed by atoms with Crippen molar-refractivity contribution in [2.45, 2.75) is 39.4 Å². The lowest BCUT2D eigenvalue weighted by Crippen LogP contribution is -2.26. The van der Waals surface area contributed by atoms with Crippen LogP contribution < -0.4 is 11.1 Å². The van der Waals surface area contributed by atoms with Crippen LogP contribution in [0.15, 0.2) is 29.3 Å². The lowest BCUT2D eigenvalue weighted by molar-refractivity contribution is -0.154. The molecule has 0 aliphatic carbocycles. The van der Waals surface area contributed by atoms with Gasteiger partial charge in [0.05, 0.1) is 19.6 Å². The molecule has 0 unspecified atom stereocenters. The van der Waals surface area contributed by atoms with E-state index in [0.717, 1.165) is 11.3 Å². The van der Waals surface area contributed by atoms with Gasteiger partial charge < -0.3 is 20.5 Å². The Bertz CT molecular complexity index is 522. The lowest BCUT2D eigenvalue weighted by atomic mass is 10.2. The fraction of sp³-hybridized carbons (Fsp3) is 0.500. The maximum Gasteiger partial charge on any atom is 0.308 e. The van der Waals surface area contributed by atoms with Gasteiger partial charge in [0.1, 0.15) is 5.60 Å². The van der Waals surface area contributed by atoms with Crippen LogP contribution in [0.1, 0.15) is 32.8 Å². The first kappa shape index (κ1) is 18.0. The summed E-state index contributed by atoms with van der Waals surface area (Å²) in [7, 11) is 1.63. The fourth-order valence-electron chi connectivity index (χ4n) is 1.76. The summed E-state index contributed by atoms with van der Waals surface area (Å²) >= 11 is 0. The maximum atomic E-state index is 11.6. The number of nitrogens with one attached hydrogen (secondary N) is 1. The molecule has 0 heterocycles. The van der Waals surface area contributed by atoms with Crippen LogP contribution in [0.4, 0.5) is 5.69 Å². The molecule has 0 bridgehead atoms. The second-order valence-electron chi connectivity index (χ2n) is 5.82. The number of carbonyl (C=O) groups excluding carboxylic acids is 1. The number of hydrogen-bond donors (Lipinski definition) is 2. The van der Waals surface area contributed by atoms with Crippen molar-refractivity contribution in [3.8, 4) is 0 Å². The highest BCUT2D eigenvalue weighted by Crippen LogP contribution is 2.15. The average molecular weight is 307 g/mol. The number of carbonyl (C=O) groups is 1. The van der Waals surface area contributed by atoms with Crippen LogP contribution in [0.25, 0.3) is 0 Å². The first-order valence-corrected chi connectivity index (χ1v) is 7.17. The third kappa shape index (κ3) is 7.08. The molecule has 22 heavy (non-hydrogen) atoms. The predicted molar refractivity (Wildman–Crippen MR) is 87.7 cm³/mol. The third-order valence-corrected chi connectivity index (χ3v) is 2.60. The van der Waals surface area contributed by atoms with Gasteiger partial charge in [-0.3, -0.25) is 9.79 Å². The predicted octanol–water partition coefficient (Wildman–Crippen LogP) is 2.29. The molecule has 0 aliphatic rings. The van der Waals surface area contributed by atoms with E-state index in [0.29, 0.717) is 6.61 Å². The van der Waals surface area contributed by atoms with Crippen molar-refractivity contribution in [1.29, 1.82) is 0 Å². The zero-order valence-corrected chi connectivity index (χ0v) is 13.7. The summed E-state index contributed by atoms with van der Waals surface area (Å²) in [4.78, 5) is 15.7. The van der Waals surface area contributed by atoms with E-state index in [1.165, 1.54) is 0 Å². The summed E-state index contributed by atoms with van der Waals surface area (Å²) in [6, 6.07) is 7.66. The summed E-state index contributed by atoms with van der Waals surface area (Å²) < 4.78 is 10.3. The Morgan fingerprint density at radius 2 is 2.00 bits per heavy atom. The van der Waals surface area contributed by atoms with Gasteiger partial charge in [0.2, 0.25) is 0 Å². The lowest BCUT2D eigenvalue weighted by Gasteiger charge is -2.19. The van der Waals surface area contributed by atoms with E-state index in [-0.39, 0.29) is 24.9 Å². The van der Waals surface area contributed by atoms with Crippen molar-refractivity contribution in [2.24, 2.45) is 10.7 Å². The molecule has 1 aromatic rings. The molecule has 0 radical (unpaired) electrons. The number of nitrogens with two attached hydrogens (primary N) is 1. The Balaban J connectivity index is 2.51. The van der Waals surface area contributed by atoms with Crippen LogP contribution in [0, 0.1) is 0 Å². The number of para-hydroxylation sites is 1. The van der Waals surface area contributed by atoms with Crippen LogP contribution in [0.3, 0.4) is 0 Å². The van der Waals surface area contributed by atoms with Gasteiger partial charge in [-0.15, -0.1) is 0 Å². The molecule has 6 heteroatoms. The van der Waals surface area contributed by atoms with Crippen molar-refractivity contribution in [3.63, 3.8) is 0 Å². The SMILES string of the molecule is COCc1ccccc1NC(N)=NCCC(=O)OC(C)(C)C. The minimum atomic E-state index is -0.482. The second kappa shape index (κ2) is 8.38. The second-order valence-corrected chi connectivity index (χ2v) is 5.82. The van der Waals surface area contributed by atoms with E-state index >= 15 is 0 Å². The van der Waals surface area contributed by atoms with Gasteiger partial charge in [-0.1, -0.05) is 18.2 Å². The number of ether oxygens (including phenoxy) is 2. The van der Waals surface area contributed by atoms with E-state index in [1.807, 2.05) is 45.0 Å². The molecule has 0 aromatic heterocycles. The van der Waals surface area contributed by atoms with Crippen molar-refractivity contribution < 1.29 is 14.3 Å². The quantitative estimate of drug-likeness (QED) is 0.478. The molecule has 0 aliphatic heterocycles. The van der Waals surface area contributed by atoms with Crippen LogP contribution >= 0.6 is 0 Å². The molecule has 1 aromatic carbocycles. The largest absolute Gasteiger partial charge is 0.460 e. The van der Waals surface area contributed by atoms with Gasteiger partial charge in [0, 0.05) is 18.4 Å². The van der Waals surface area contributed by atoms with Crippen LogP contribution in [-0.2, 0) is 20.9 Å². The minimum Gasteiger partial charge on any atom is -0.460 e. The van der Waals surface area contributed by atoms with E-state index in [2.05, 4.69) is 10.3 Å². The summed E-state index contributed by atoms with van der Waals surface area (Å²) in [5.41, 5.74) is 7.17. The summed E-state index contributed by atoms with van der Waals surface area (Å²) in [5, 5.41) is 3.01. The molecule has 0 saturated carbocycles. The monoisotopic (exact) mass is 307 g/mol. The van der Waals surface area contributed by atoms with Crippen molar-refractivity contribution >= 4 is 17.6 Å². The Kier molecular flexibility index (Phi) is 6.85. The number of aliphatic imine (C=N–C) groups is 1. The molecule has 0 amide bonds. The first-order valence-electron chi connectivity index (χ1n) is 7.17. The fourth-order valence-corrected chi connectivity index (χ4v) is 1.76. The summed E-state index contributed by atoms with van der Waals surface area (Å²) in [6.07, 6.45) is 0.194. The van der Waals surface area contributed by atoms with Crippen molar-refractivity contribution in [3.05, 3.63) is 29.8 Å². The molecule has 6 nitrogen and oxygen atoms in total. The van der Waals surface area contributed by atoms with Gasteiger partial charge >= 0.3 is 5.97 Å². The molecule has 1 rings (SSSR count). The summed E-state index contributed by atoms with van der Waals surface area (Å²) in [5.74, 6) is -0.0315. The molecule has 3 N–H and O–H groups in total. The van der Waals surface area contributed by atoms with E-state index in [1.54, 1.807) is 7.11 Å². The van der Waals surface area contributed by atoms with Crippen molar-refractivity contribution in [2.75, 3.05) is 19.0 Å². The van der Waals surface area contributed by atoms with Crippen LogP contribution in [0.2, 0.25) is 0 Å². The van der Waals surface area contributed by atoms with Gasteiger partial charge in [-0.2, -0.15) is 0 Å². The highest BCUT2D eigenvalue weighted by molar-refractivity contribution is 5.93. The smallest absolute Gasteiger partial charge is 0.308 e.